The molecular weight excluding hydrogens is 372 g/mol. The van der Waals surface area contributed by atoms with Crippen LogP contribution in [-0.2, 0) is 22.0 Å². The Hall–Kier alpha value is -2.75. The van der Waals surface area contributed by atoms with Gasteiger partial charge in [-0.1, -0.05) is 17.2 Å². The largest absolute Gasteiger partial charge is 0.497 e. The average Bonchev–Trinajstić information content (AvgIpc) is 3.31. The molecule has 10 heteroatoms. The van der Waals surface area contributed by atoms with Crippen LogP contribution in [0.15, 0.2) is 33.3 Å². The van der Waals surface area contributed by atoms with E-state index >= 15 is 0 Å². The molecule has 144 valence electrons. The molecule has 0 spiro atoms. The van der Waals surface area contributed by atoms with Crippen molar-refractivity contribution >= 4 is 9.84 Å². The molecular formula is C17H20N4O5S. The van der Waals surface area contributed by atoms with Crippen LogP contribution in [0.2, 0.25) is 0 Å². The van der Waals surface area contributed by atoms with Crippen LogP contribution in [0.5, 0.6) is 5.75 Å². The molecule has 1 unspecified atom stereocenters. The molecule has 0 aliphatic heterocycles. The van der Waals surface area contributed by atoms with Gasteiger partial charge in [0.2, 0.25) is 17.6 Å². The molecule has 0 bridgehead atoms. The van der Waals surface area contributed by atoms with E-state index in [9.17, 15) is 8.42 Å². The van der Waals surface area contributed by atoms with Gasteiger partial charge in [-0.25, -0.2) is 8.42 Å². The molecule has 3 rings (SSSR count). The number of nitrogens with zero attached hydrogens (tertiary/aromatic N) is 4. The topological polar surface area (TPSA) is 121 Å². The summed E-state index contributed by atoms with van der Waals surface area (Å²) in [6, 6.07) is 7.05. The molecule has 9 nitrogen and oxygen atoms in total. The Bertz CT molecular complexity index is 995. The van der Waals surface area contributed by atoms with Crippen molar-refractivity contribution in [1.82, 2.24) is 20.3 Å². The number of aromatic nitrogens is 4. The van der Waals surface area contributed by atoms with Crippen molar-refractivity contribution in [2.45, 2.75) is 37.7 Å². The van der Waals surface area contributed by atoms with Crippen molar-refractivity contribution in [3.63, 3.8) is 0 Å². The van der Waals surface area contributed by atoms with Gasteiger partial charge in [-0.2, -0.15) is 9.97 Å². The first kappa shape index (κ1) is 19.0. The molecule has 2 aromatic heterocycles. The van der Waals surface area contributed by atoms with Gasteiger partial charge >= 0.3 is 0 Å². The van der Waals surface area contributed by atoms with Crippen LogP contribution in [0.1, 0.15) is 43.1 Å². The maximum atomic E-state index is 12.6. The van der Waals surface area contributed by atoms with Gasteiger partial charge in [0.1, 0.15) is 16.8 Å². The SMILES string of the molecule is CCCc1noc(CS(=O)(=O)C(C)c2nc(-c3ccc(OC)cc3)no2)n1. The van der Waals surface area contributed by atoms with Crippen molar-refractivity contribution in [3.8, 4) is 17.1 Å². The van der Waals surface area contributed by atoms with E-state index in [4.69, 9.17) is 13.8 Å². The molecule has 1 atom stereocenters. The van der Waals surface area contributed by atoms with Gasteiger partial charge < -0.3 is 13.8 Å². The number of rotatable bonds is 8. The van der Waals surface area contributed by atoms with Crippen LogP contribution in [0.3, 0.4) is 0 Å². The maximum Gasteiger partial charge on any atom is 0.245 e. The van der Waals surface area contributed by atoms with Crippen molar-refractivity contribution in [2.75, 3.05) is 7.11 Å². The predicted molar refractivity (Wildman–Crippen MR) is 95.6 cm³/mol. The summed E-state index contributed by atoms with van der Waals surface area (Å²) in [5.41, 5.74) is 0.691. The first-order chi connectivity index (χ1) is 12.9. The maximum absolute atomic E-state index is 12.6. The number of sulfone groups is 1. The smallest absolute Gasteiger partial charge is 0.245 e. The zero-order valence-electron chi connectivity index (χ0n) is 15.2. The third-order valence-electron chi connectivity index (χ3n) is 3.98. The minimum atomic E-state index is -3.66. The van der Waals surface area contributed by atoms with Crippen LogP contribution < -0.4 is 4.74 Å². The van der Waals surface area contributed by atoms with E-state index in [1.54, 1.807) is 31.4 Å². The first-order valence-corrected chi connectivity index (χ1v) is 10.2. The predicted octanol–water partition coefficient (Wildman–Crippen LogP) is 2.76. The third-order valence-corrected chi connectivity index (χ3v) is 5.91. The molecule has 0 saturated carbocycles. The molecule has 0 radical (unpaired) electrons. The van der Waals surface area contributed by atoms with E-state index in [1.807, 2.05) is 6.92 Å². The molecule has 0 amide bonds. The van der Waals surface area contributed by atoms with Crippen LogP contribution in [0.4, 0.5) is 0 Å². The first-order valence-electron chi connectivity index (χ1n) is 8.44. The third kappa shape index (κ3) is 4.33. The van der Waals surface area contributed by atoms with Gasteiger partial charge in [0.05, 0.1) is 7.11 Å². The molecule has 0 N–H and O–H groups in total. The highest BCUT2D eigenvalue weighted by Crippen LogP contribution is 2.26. The summed E-state index contributed by atoms with van der Waals surface area (Å²) in [4.78, 5) is 8.31. The molecule has 1 aromatic carbocycles. The van der Waals surface area contributed by atoms with E-state index in [0.717, 1.165) is 6.42 Å². The van der Waals surface area contributed by atoms with E-state index in [-0.39, 0.29) is 17.5 Å². The second-order valence-corrected chi connectivity index (χ2v) is 8.31. The molecule has 3 aromatic rings. The number of benzene rings is 1. The summed E-state index contributed by atoms with van der Waals surface area (Å²) in [6.45, 7) is 3.47. The van der Waals surface area contributed by atoms with Crippen molar-refractivity contribution in [3.05, 3.63) is 41.9 Å². The number of hydrogen-bond donors (Lipinski definition) is 0. The number of methoxy groups -OCH3 is 1. The monoisotopic (exact) mass is 392 g/mol. The molecule has 2 heterocycles. The lowest BCUT2D eigenvalue weighted by Crippen LogP contribution is -2.13. The fourth-order valence-electron chi connectivity index (χ4n) is 2.38. The van der Waals surface area contributed by atoms with Gasteiger partial charge in [0, 0.05) is 12.0 Å². The van der Waals surface area contributed by atoms with Gasteiger partial charge in [-0.15, -0.1) is 0 Å². The summed E-state index contributed by atoms with van der Waals surface area (Å²) in [6.07, 6.45) is 1.48. The quantitative estimate of drug-likeness (QED) is 0.569. The zero-order chi connectivity index (χ0) is 19.4. The highest BCUT2D eigenvalue weighted by atomic mass is 32.2. The molecule has 0 saturated heterocycles. The summed E-state index contributed by atoms with van der Waals surface area (Å²) in [7, 11) is -2.09. The summed E-state index contributed by atoms with van der Waals surface area (Å²) in [5, 5.41) is 6.64. The van der Waals surface area contributed by atoms with E-state index in [2.05, 4.69) is 20.3 Å². The fourth-order valence-corrected chi connectivity index (χ4v) is 3.50. The zero-order valence-corrected chi connectivity index (χ0v) is 16.1. The summed E-state index contributed by atoms with van der Waals surface area (Å²) < 4.78 is 40.5. The Morgan fingerprint density at radius 2 is 1.85 bits per heavy atom. The number of ether oxygens (including phenoxy) is 1. The highest BCUT2D eigenvalue weighted by Gasteiger charge is 2.30. The van der Waals surface area contributed by atoms with E-state index < -0.39 is 15.1 Å². The Morgan fingerprint density at radius 3 is 2.52 bits per heavy atom. The van der Waals surface area contributed by atoms with Gasteiger partial charge in [-0.3, -0.25) is 0 Å². The lowest BCUT2D eigenvalue weighted by Gasteiger charge is -2.06. The number of aryl methyl sites for hydroxylation is 1. The standard InChI is InChI=1S/C17H20N4O5S/c1-4-5-14-18-15(25-20-14)10-27(22,23)11(2)17-19-16(21-26-17)12-6-8-13(24-3)9-7-12/h6-9,11H,4-5,10H2,1-3H3. The van der Waals surface area contributed by atoms with E-state index in [1.165, 1.54) is 6.92 Å². The highest BCUT2D eigenvalue weighted by molar-refractivity contribution is 7.90. The van der Waals surface area contributed by atoms with Crippen LogP contribution >= 0.6 is 0 Å². The Labute approximate surface area is 156 Å². The Balaban J connectivity index is 1.75. The lowest BCUT2D eigenvalue weighted by atomic mass is 10.2. The second-order valence-electron chi connectivity index (χ2n) is 5.99. The van der Waals surface area contributed by atoms with Gasteiger partial charge in [0.25, 0.3) is 0 Å². The van der Waals surface area contributed by atoms with Crippen molar-refractivity contribution < 1.29 is 22.2 Å². The second kappa shape index (κ2) is 7.87. The molecule has 0 aliphatic rings. The summed E-state index contributed by atoms with van der Waals surface area (Å²) >= 11 is 0. The normalized spacial score (nSPS) is 12.9. The minimum Gasteiger partial charge on any atom is -0.497 e. The van der Waals surface area contributed by atoms with Crippen LogP contribution in [0, 0.1) is 0 Å². The molecule has 0 aliphatic carbocycles. The number of hydrogen-bond acceptors (Lipinski definition) is 9. The van der Waals surface area contributed by atoms with Crippen molar-refractivity contribution in [1.29, 1.82) is 0 Å². The Morgan fingerprint density at radius 1 is 1.11 bits per heavy atom. The fraction of sp³-hybridized carbons (Fsp3) is 0.412. The van der Waals surface area contributed by atoms with Gasteiger partial charge in [0.15, 0.2) is 15.7 Å². The van der Waals surface area contributed by atoms with Crippen LogP contribution in [-0.4, -0.2) is 35.8 Å². The van der Waals surface area contributed by atoms with E-state index in [0.29, 0.717) is 29.4 Å². The lowest BCUT2D eigenvalue weighted by molar-refractivity contribution is 0.372. The van der Waals surface area contributed by atoms with Crippen molar-refractivity contribution in [2.24, 2.45) is 0 Å². The molecule has 0 fully saturated rings. The van der Waals surface area contributed by atoms with Crippen LogP contribution in [0.25, 0.3) is 11.4 Å². The summed E-state index contributed by atoms with van der Waals surface area (Å²) in [5.74, 6) is 1.17. The Kier molecular flexibility index (Phi) is 5.54. The van der Waals surface area contributed by atoms with Gasteiger partial charge in [-0.05, 0) is 37.6 Å². The minimum absolute atomic E-state index is 0.00844. The molecule has 27 heavy (non-hydrogen) atoms. The average molecular weight is 392 g/mol.